The lowest BCUT2D eigenvalue weighted by Gasteiger charge is -2.14. The second-order valence-electron chi connectivity index (χ2n) is 3.51. The molecule has 1 atom stereocenters. The molecule has 0 aliphatic heterocycles. The second-order valence-corrected chi connectivity index (χ2v) is 3.92. The third-order valence-corrected chi connectivity index (χ3v) is 2.84. The van der Waals surface area contributed by atoms with Gasteiger partial charge in [-0.15, -0.1) is 0 Å². The van der Waals surface area contributed by atoms with Gasteiger partial charge in [0.05, 0.1) is 0 Å². The lowest BCUT2D eigenvalue weighted by Crippen LogP contribution is -2.26. The molecule has 0 aromatic heterocycles. The summed E-state index contributed by atoms with van der Waals surface area (Å²) < 4.78 is 5.16. The first-order chi connectivity index (χ1) is 7.56. The predicted octanol–water partition coefficient (Wildman–Crippen LogP) is 2.68. The van der Waals surface area contributed by atoms with E-state index in [1.54, 1.807) is 13.0 Å². The molecule has 0 amide bonds. The fraction of sp³-hybridized carbons (Fsp3) is 0.417. The van der Waals surface area contributed by atoms with E-state index in [2.05, 4.69) is 0 Å². The number of carboxylic acid groups (broad SMARTS) is 1. The van der Waals surface area contributed by atoms with Crippen LogP contribution < -0.4 is 0 Å². The molecule has 0 fully saturated rings. The fourth-order valence-electron chi connectivity index (χ4n) is 1.49. The van der Waals surface area contributed by atoms with Gasteiger partial charge in [-0.25, -0.2) is 4.79 Å². The fourth-order valence-corrected chi connectivity index (χ4v) is 1.69. The normalized spacial score (nSPS) is 12.4. The molecule has 0 saturated heterocycles. The average Bonchev–Trinajstić information content (AvgIpc) is 2.23. The van der Waals surface area contributed by atoms with Gasteiger partial charge in [-0.05, 0) is 31.0 Å². The Labute approximate surface area is 100.0 Å². The number of benzene rings is 1. The van der Waals surface area contributed by atoms with Crippen molar-refractivity contribution >= 4 is 17.6 Å². The van der Waals surface area contributed by atoms with E-state index in [0.717, 1.165) is 11.1 Å². The van der Waals surface area contributed by atoms with Crippen LogP contribution in [0.4, 0.5) is 0 Å². The summed E-state index contributed by atoms with van der Waals surface area (Å²) in [6.07, 6.45) is -0.461. The third kappa shape index (κ3) is 3.22. The highest BCUT2D eigenvalue weighted by atomic mass is 35.5. The monoisotopic (exact) mass is 242 g/mol. The molecule has 1 aromatic rings. The highest BCUT2D eigenvalue weighted by Crippen LogP contribution is 2.20. The van der Waals surface area contributed by atoms with Crippen molar-refractivity contribution in [2.45, 2.75) is 26.4 Å². The van der Waals surface area contributed by atoms with Crippen LogP contribution in [0.15, 0.2) is 18.2 Å². The van der Waals surface area contributed by atoms with Crippen molar-refractivity contribution < 1.29 is 14.6 Å². The summed E-state index contributed by atoms with van der Waals surface area (Å²) >= 11 is 5.97. The minimum Gasteiger partial charge on any atom is -0.479 e. The van der Waals surface area contributed by atoms with E-state index in [1.165, 1.54) is 0 Å². The van der Waals surface area contributed by atoms with Crippen molar-refractivity contribution in [3.63, 3.8) is 0 Å². The standard InChI is InChI=1S/C12H15ClO3/c1-3-16-11(12(14)15)7-9-5-4-6-10(13)8(9)2/h4-6,11H,3,7H2,1-2H3,(H,14,15)/t11-/m0/s1. The zero-order valence-electron chi connectivity index (χ0n) is 9.37. The van der Waals surface area contributed by atoms with Crippen molar-refractivity contribution in [3.8, 4) is 0 Å². The summed E-state index contributed by atoms with van der Waals surface area (Å²) in [6.45, 7) is 4.04. The zero-order valence-corrected chi connectivity index (χ0v) is 10.1. The largest absolute Gasteiger partial charge is 0.479 e. The first kappa shape index (κ1) is 13.0. The molecule has 1 rings (SSSR count). The highest BCUT2D eigenvalue weighted by molar-refractivity contribution is 6.31. The lowest BCUT2D eigenvalue weighted by molar-refractivity contribution is -0.149. The maximum absolute atomic E-state index is 10.9. The summed E-state index contributed by atoms with van der Waals surface area (Å²) in [4.78, 5) is 10.9. The van der Waals surface area contributed by atoms with Crippen LogP contribution in [0, 0.1) is 6.92 Å². The molecular weight excluding hydrogens is 228 g/mol. The van der Waals surface area contributed by atoms with Gasteiger partial charge in [0.15, 0.2) is 6.10 Å². The average molecular weight is 243 g/mol. The van der Waals surface area contributed by atoms with Gasteiger partial charge in [-0.1, -0.05) is 23.7 Å². The van der Waals surface area contributed by atoms with E-state index >= 15 is 0 Å². The molecule has 0 unspecified atom stereocenters. The van der Waals surface area contributed by atoms with Crippen molar-refractivity contribution in [1.82, 2.24) is 0 Å². The smallest absolute Gasteiger partial charge is 0.333 e. The first-order valence-electron chi connectivity index (χ1n) is 5.14. The maximum Gasteiger partial charge on any atom is 0.333 e. The minimum absolute atomic E-state index is 0.343. The summed E-state index contributed by atoms with van der Waals surface area (Å²) in [5, 5.41) is 9.62. The molecule has 1 aromatic carbocycles. The number of rotatable bonds is 5. The molecular formula is C12H15ClO3. The van der Waals surface area contributed by atoms with Gasteiger partial charge in [-0.3, -0.25) is 0 Å². The van der Waals surface area contributed by atoms with Crippen LogP contribution in [0.5, 0.6) is 0 Å². The number of halogens is 1. The number of carboxylic acids is 1. The summed E-state index contributed by atoms with van der Waals surface area (Å²) in [5.41, 5.74) is 1.82. The van der Waals surface area contributed by atoms with Crippen LogP contribution in [0.3, 0.4) is 0 Å². The Balaban J connectivity index is 2.85. The minimum atomic E-state index is -0.943. The Bertz CT molecular complexity index is 377. The highest BCUT2D eigenvalue weighted by Gasteiger charge is 2.19. The molecule has 0 aliphatic rings. The molecule has 0 spiro atoms. The van der Waals surface area contributed by atoms with Crippen molar-refractivity contribution in [3.05, 3.63) is 34.3 Å². The second kappa shape index (κ2) is 5.87. The van der Waals surface area contributed by atoms with E-state index < -0.39 is 12.1 Å². The Hall–Kier alpha value is -1.06. The number of hydrogen-bond donors (Lipinski definition) is 1. The van der Waals surface area contributed by atoms with Crippen LogP contribution in [-0.4, -0.2) is 23.8 Å². The Morgan fingerprint density at radius 3 is 2.81 bits per heavy atom. The van der Waals surface area contributed by atoms with Crippen LogP contribution >= 0.6 is 11.6 Å². The summed E-state index contributed by atoms with van der Waals surface area (Å²) in [7, 11) is 0. The third-order valence-electron chi connectivity index (χ3n) is 2.43. The van der Waals surface area contributed by atoms with Crippen LogP contribution in [0.25, 0.3) is 0 Å². The molecule has 0 heterocycles. The van der Waals surface area contributed by atoms with Gasteiger partial charge in [0.1, 0.15) is 0 Å². The van der Waals surface area contributed by atoms with E-state index in [0.29, 0.717) is 18.1 Å². The molecule has 1 N–H and O–H groups in total. The number of ether oxygens (including phenoxy) is 1. The Morgan fingerprint density at radius 1 is 1.56 bits per heavy atom. The maximum atomic E-state index is 10.9. The van der Waals surface area contributed by atoms with Gasteiger partial charge in [0, 0.05) is 18.1 Å². The molecule has 0 saturated carbocycles. The van der Waals surface area contributed by atoms with Crippen molar-refractivity contribution in [1.29, 1.82) is 0 Å². The van der Waals surface area contributed by atoms with Gasteiger partial charge >= 0.3 is 5.97 Å². The van der Waals surface area contributed by atoms with Gasteiger partial charge in [0.2, 0.25) is 0 Å². The van der Waals surface area contributed by atoms with E-state index in [-0.39, 0.29) is 0 Å². The molecule has 88 valence electrons. The number of carbonyl (C=O) groups is 1. The molecule has 16 heavy (non-hydrogen) atoms. The SMILES string of the molecule is CCO[C@@H](Cc1cccc(Cl)c1C)C(=O)O. The predicted molar refractivity (Wildman–Crippen MR) is 62.9 cm³/mol. The number of aliphatic carboxylic acids is 1. The molecule has 0 radical (unpaired) electrons. The van der Waals surface area contributed by atoms with Gasteiger partial charge in [0.25, 0.3) is 0 Å². The zero-order chi connectivity index (χ0) is 12.1. The van der Waals surface area contributed by atoms with Gasteiger partial charge in [-0.2, -0.15) is 0 Å². The van der Waals surface area contributed by atoms with Crippen LogP contribution in [0.2, 0.25) is 5.02 Å². The Morgan fingerprint density at radius 2 is 2.25 bits per heavy atom. The molecule has 3 nitrogen and oxygen atoms in total. The van der Waals surface area contributed by atoms with Crippen LogP contribution in [0.1, 0.15) is 18.1 Å². The van der Waals surface area contributed by atoms with Crippen molar-refractivity contribution in [2.75, 3.05) is 6.61 Å². The summed E-state index contributed by atoms with van der Waals surface area (Å²) in [6, 6.07) is 5.47. The lowest BCUT2D eigenvalue weighted by atomic mass is 10.0. The van der Waals surface area contributed by atoms with E-state index in [9.17, 15) is 4.79 Å². The Kier molecular flexibility index (Phi) is 4.77. The number of hydrogen-bond acceptors (Lipinski definition) is 2. The molecule has 4 heteroatoms. The van der Waals surface area contributed by atoms with Gasteiger partial charge < -0.3 is 9.84 Å². The van der Waals surface area contributed by atoms with Crippen LogP contribution in [-0.2, 0) is 16.0 Å². The van der Waals surface area contributed by atoms with E-state index in [4.69, 9.17) is 21.4 Å². The molecule has 0 aliphatic carbocycles. The quantitative estimate of drug-likeness (QED) is 0.864. The molecule has 0 bridgehead atoms. The topological polar surface area (TPSA) is 46.5 Å². The van der Waals surface area contributed by atoms with E-state index in [1.807, 2.05) is 19.1 Å². The summed E-state index contributed by atoms with van der Waals surface area (Å²) in [5.74, 6) is -0.943. The first-order valence-corrected chi connectivity index (χ1v) is 5.52. The van der Waals surface area contributed by atoms with Crippen molar-refractivity contribution in [2.24, 2.45) is 0 Å².